The van der Waals surface area contributed by atoms with E-state index in [0.29, 0.717) is 20.3 Å². The average Bonchev–Trinajstić information content (AvgIpc) is 3.19. The van der Waals surface area contributed by atoms with E-state index >= 15 is 0 Å². The molecule has 1 fully saturated rings. The summed E-state index contributed by atoms with van der Waals surface area (Å²) in [6, 6.07) is 12.8. The Morgan fingerprint density at radius 1 is 1.24 bits per heavy atom. The molecule has 4 nitrogen and oxygen atoms in total. The SMILES string of the molecule is N#C/C(=C/c1ccc(OCc2ccc(Cl)cc2Cl)c(Br)c1)C(=O)NC1CCCC1. The van der Waals surface area contributed by atoms with E-state index in [0.717, 1.165) is 36.8 Å². The third kappa shape index (κ3) is 5.99. The van der Waals surface area contributed by atoms with Crippen LogP contribution in [0.5, 0.6) is 5.75 Å². The van der Waals surface area contributed by atoms with Crippen molar-refractivity contribution in [3.05, 3.63) is 67.6 Å². The van der Waals surface area contributed by atoms with E-state index in [1.165, 1.54) is 0 Å². The van der Waals surface area contributed by atoms with Crippen LogP contribution in [0.2, 0.25) is 10.0 Å². The van der Waals surface area contributed by atoms with Crippen LogP contribution < -0.4 is 10.1 Å². The van der Waals surface area contributed by atoms with E-state index in [4.69, 9.17) is 27.9 Å². The van der Waals surface area contributed by atoms with Crippen LogP contribution in [-0.4, -0.2) is 11.9 Å². The van der Waals surface area contributed by atoms with Crippen LogP contribution in [0.25, 0.3) is 6.08 Å². The molecule has 150 valence electrons. The first-order valence-electron chi connectivity index (χ1n) is 9.25. The van der Waals surface area contributed by atoms with Crippen LogP contribution in [0.4, 0.5) is 0 Å². The molecule has 0 bridgehead atoms. The summed E-state index contributed by atoms with van der Waals surface area (Å²) in [6.07, 6.45) is 5.76. The summed E-state index contributed by atoms with van der Waals surface area (Å²) in [7, 11) is 0. The second-order valence-corrected chi connectivity index (χ2v) is 8.54. The number of carbonyl (C=O) groups is 1. The van der Waals surface area contributed by atoms with Crippen molar-refractivity contribution in [3.8, 4) is 11.8 Å². The number of rotatable bonds is 6. The average molecular weight is 494 g/mol. The van der Waals surface area contributed by atoms with Crippen LogP contribution in [-0.2, 0) is 11.4 Å². The summed E-state index contributed by atoms with van der Waals surface area (Å²) in [5.41, 5.74) is 1.64. The van der Waals surface area contributed by atoms with Crippen molar-refractivity contribution in [1.82, 2.24) is 5.32 Å². The number of hydrogen-bond acceptors (Lipinski definition) is 3. The molecule has 1 aliphatic rings. The minimum absolute atomic E-state index is 0.0883. The highest BCUT2D eigenvalue weighted by atomic mass is 79.9. The summed E-state index contributed by atoms with van der Waals surface area (Å²) < 4.78 is 6.54. The first-order valence-corrected chi connectivity index (χ1v) is 10.8. The van der Waals surface area contributed by atoms with Gasteiger partial charge in [0, 0.05) is 21.7 Å². The van der Waals surface area contributed by atoms with Crippen molar-refractivity contribution in [2.45, 2.75) is 38.3 Å². The van der Waals surface area contributed by atoms with Gasteiger partial charge in [-0.1, -0.05) is 48.2 Å². The molecule has 1 N–H and O–H groups in total. The Morgan fingerprint density at radius 2 is 2.00 bits per heavy atom. The van der Waals surface area contributed by atoms with Gasteiger partial charge in [0.1, 0.15) is 24.0 Å². The van der Waals surface area contributed by atoms with Crippen molar-refractivity contribution < 1.29 is 9.53 Å². The molecule has 0 heterocycles. The van der Waals surface area contributed by atoms with Crippen molar-refractivity contribution in [2.75, 3.05) is 0 Å². The lowest BCUT2D eigenvalue weighted by molar-refractivity contribution is -0.117. The molecule has 1 saturated carbocycles. The molecule has 2 aromatic rings. The van der Waals surface area contributed by atoms with E-state index in [1.807, 2.05) is 12.1 Å². The lowest BCUT2D eigenvalue weighted by Crippen LogP contribution is -2.33. The van der Waals surface area contributed by atoms with Crippen LogP contribution >= 0.6 is 39.1 Å². The van der Waals surface area contributed by atoms with E-state index < -0.39 is 0 Å². The smallest absolute Gasteiger partial charge is 0.262 e. The summed E-state index contributed by atoms with van der Waals surface area (Å²) in [4.78, 5) is 12.3. The molecule has 0 aliphatic heterocycles. The lowest BCUT2D eigenvalue weighted by Gasteiger charge is -2.12. The van der Waals surface area contributed by atoms with Gasteiger partial charge in [-0.3, -0.25) is 4.79 Å². The van der Waals surface area contributed by atoms with Crippen LogP contribution in [0.3, 0.4) is 0 Å². The van der Waals surface area contributed by atoms with Crippen molar-refractivity contribution in [3.63, 3.8) is 0 Å². The topological polar surface area (TPSA) is 62.1 Å². The fraction of sp³-hybridized carbons (Fsp3) is 0.273. The van der Waals surface area contributed by atoms with Crippen LogP contribution in [0, 0.1) is 11.3 Å². The predicted octanol–water partition coefficient (Wildman–Crippen LogP) is 6.30. The Bertz CT molecular complexity index is 979. The van der Waals surface area contributed by atoms with E-state index in [-0.39, 0.29) is 24.1 Å². The number of hydrogen-bond donors (Lipinski definition) is 1. The molecule has 29 heavy (non-hydrogen) atoms. The second-order valence-electron chi connectivity index (χ2n) is 6.84. The van der Waals surface area contributed by atoms with Crippen LogP contribution in [0.1, 0.15) is 36.8 Å². The summed E-state index contributed by atoms with van der Waals surface area (Å²) in [5, 5.41) is 13.4. The molecule has 0 aromatic heterocycles. The highest BCUT2D eigenvalue weighted by Crippen LogP contribution is 2.29. The minimum Gasteiger partial charge on any atom is -0.488 e. The number of nitrogens with one attached hydrogen (secondary N) is 1. The molecule has 0 unspecified atom stereocenters. The van der Waals surface area contributed by atoms with Crippen LogP contribution in [0.15, 0.2) is 46.4 Å². The fourth-order valence-electron chi connectivity index (χ4n) is 3.17. The number of ether oxygens (including phenoxy) is 1. The molecule has 0 radical (unpaired) electrons. The highest BCUT2D eigenvalue weighted by Gasteiger charge is 2.19. The zero-order valence-corrected chi connectivity index (χ0v) is 18.6. The zero-order valence-electron chi connectivity index (χ0n) is 15.6. The van der Waals surface area contributed by atoms with E-state index in [9.17, 15) is 10.1 Å². The van der Waals surface area contributed by atoms with Gasteiger partial charge in [0.25, 0.3) is 5.91 Å². The highest BCUT2D eigenvalue weighted by molar-refractivity contribution is 9.10. The predicted molar refractivity (Wildman–Crippen MR) is 119 cm³/mol. The maximum absolute atomic E-state index is 12.3. The van der Waals surface area contributed by atoms with Gasteiger partial charge in [0.05, 0.1) is 4.47 Å². The van der Waals surface area contributed by atoms with Gasteiger partial charge in [-0.15, -0.1) is 0 Å². The molecule has 1 amide bonds. The maximum atomic E-state index is 12.3. The van der Waals surface area contributed by atoms with Gasteiger partial charge in [-0.05, 0) is 64.7 Å². The Morgan fingerprint density at radius 3 is 2.66 bits per heavy atom. The Kier molecular flexibility index (Phi) is 7.60. The third-order valence-corrected chi connectivity index (χ3v) is 5.93. The number of nitriles is 1. The summed E-state index contributed by atoms with van der Waals surface area (Å²) in [5.74, 6) is 0.301. The van der Waals surface area contributed by atoms with Crippen molar-refractivity contribution >= 4 is 51.1 Å². The van der Waals surface area contributed by atoms with Crippen molar-refractivity contribution in [1.29, 1.82) is 5.26 Å². The molecule has 0 atom stereocenters. The number of benzene rings is 2. The van der Waals surface area contributed by atoms with E-state index in [2.05, 4.69) is 21.2 Å². The zero-order chi connectivity index (χ0) is 20.8. The fourth-order valence-corrected chi connectivity index (χ4v) is 4.14. The van der Waals surface area contributed by atoms with Gasteiger partial charge in [0.2, 0.25) is 0 Å². The largest absolute Gasteiger partial charge is 0.488 e. The normalized spacial score (nSPS) is 14.5. The molecule has 0 saturated heterocycles. The minimum atomic E-state index is -0.326. The monoisotopic (exact) mass is 492 g/mol. The number of carbonyl (C=O) groups excluding carboxylic acids is 1. The van der Waals surface area contributed by atoms with Gasteiger partial charge in [-0.25, -0.2) is 0 Å². The summed E-state index contributed by atoms with van der Waals surface area (Å²) >= 11 is 15.6. The molecule has 2 aromatic carbocycles. The molecular formula is C22H19BrCl2N2O2. The Balaban J connectivity index is 1.68. The molecule has 3 rings (SSSR count). The first-order chi connectivity index (χ1) is 14.0. The standard InChI is InChI=1S/C22H19BrCl2N2O2/c23-19-10-14(9-16(12-26)22(28)27-18-3-1-2-4-18)5-8-21(19)29-13-15-6-7-17(24)11-20(15)25/h5-11,18H,1-4,13H2,(H,27,28)/b16-9-. The number of nitrogens with zero attached hydrogens (tertiary/aromatic N) is 1. The van der Waals surface area contributed by atoms with Crippen molar-refractivity contribution in [2.24, 2.45) is 0 Å². The Hall–Kier alpha value is -2.00. The summed E-state index contributed by atoms with van der Waals surface area (Å²) in [6.45, 7) is 0.289. The third-order valence-electron chi connectivity index (χ3n) is 4.72. The number of amides is 1. The molecule has 1 aliphatic carbocycles. The quantitative estimate of drug-likeness (QED) is 0.379. The van der Waals surface area contributed by atoms with Gasteiger partial charge < -0.3 is 10.1 Å². The second kappa shape index (κ2) is 10.2. The van der Waals surface area contributed by atoms with Gasteiger partial charge in [-0.2, -0.15) is 5.26 Å². The number of halogens is 3. The lowest BCUT2D eigenvalue weighted by atomic mass is 10.1. The molecule has 0 spiro atoms. The molecule has 7 heteroatoms. The Labute approximate surface area is 188 Å². The van der Waals surface area contributed by atoms with E-state index in [1.54, 1.807) is 36.4 Å². The van der Waals surface area contributed by atoms with Gasteiger partial charge in [0.15, 0.2) is 0 Å². The van der Waals surface area contributed by atoms with Gasteiger partial charge >= 0.3 is 0 Å². The maximum Gasteiger partial charge on any atom is 0.262 e. The first kappa shape index (κ1) is 21.7. The molecular weight excluding hydrogens is 475 g/mol.